The van der Waals surface area contributed by atoms with Gasteiger partial charge >= 0.3 is 6.09 Å². The highest BCUT2D eigenvalue weighted by atomic mass is 35.5. The van der Waals surface area contributed by atoms with Gasteiger partial charge in [-0.3, -0.25) is 0 Å². The summed E-state index contributed by atoms with van der Waals surface area (Å²) in [7, 11) is 1.26. The third kappa shape index (κ3) is 5.10. The van der Waals surface area contributed by atoms with Crippen molar-refractivity contribution in [2.45, 2.75) is 0 Å². The van der Waals surface area contributed by atoms with Crippen LogP contribution in [-0.4, -0.2) is 25.3 Å². The first kappa shape index (κ1) is 8.23. The van der Waals surface area contributed by atoms with Gasteiger partial charge in [0, 0.05) is 6.21 Å². The zero-order chi connectivity index (χ0) is 7.11. The highest BCUT2D eigenvalue weighted by molar-refractivity contribution is 6.24. The van der Waals surface area contributed by atoms with Gasteiger partial charge in [0.1, 0.15) is 0 Å². The van der Waals surface area contributed by atoms with E-state index >= 15 is 0 Å². The molecule has 0 heterocycles. The molecule has 0 rings (SSSR count). The summed E-state index contributed by atoms with van der Waals surface area (Å²) in [5.74, 6) is 0.268. The number of carbonyl (C=O) groups excluding carboxylic acids is 1. The van der Waals surface area contributed by atoms with E-state index in [1.54, 1.807) is 0 Å². The Hall–Kier alpha value is -0.770. The molecule has 9 heavy (non-hydrogen) atoms. The van der Waals surface area contributed by atoms with Crippen LogP contribution in [-0.2, 0) is 4.74 Å². The Morgan fingerprint density at radius 2 is 2.67 bits per heavy atom. The molecule has 0 aliphatic rings. The third-order valence-electron chi connectivity index (χ3n) is 0.502. The number of hydrogen-bond acceptors (Lipinski definition) is 3. The number of carbonyl (C=O) groups is 1. The predicted molar refractivity (Wildman–Crippen MR) is 34.8 cm³/mol. The largest absolute Gasteiger partial charge is 0.452 e. The predicted octanol–water partition coefficient (Wildman–Crippen LogP) is 0.567. The van der Waals surface area contributed by atoms with E-state index in [-0.39, 0.29) is 5.88 Å². The molecule has 0 radical (unpaired) electrons. The number of nitrogens with zero attached hydrogens (tertiary/aromatic N) is 1. The van der Waals surface area contributed by atoms with Crippen molar-refractivity contribution in [3.8, 4) is 0 Å². The summed E-state index contributed by atoms with van der Waals surface area (Å²) < 4.78 is 4.19. The maximum atomic E-state index is 10.2. The molecular formula is C4H7ClN2O2. The second kappa shape index (κ2) is 5.37. The smallest absolute Gasteiger partial charge is 0.427 e. The fourth-order valence-electron chi connectivity index (χ4n) is 0.178. The zero-order valence-electron chi connectivity index (χ0n) is 4.93. The van der Waals surface area contributed by atoms with Crippen LogP contribution in [0.5, 0.6) is 0 Å². The van der Waals surface area contributed by atoms with E-state index in [1.165, 1.54) is 13.3 Å². The molecule has 4 nitrogen and oxygen atoms in total. The average Bonchev–Trinajstić information content (AvgIpc) is 1.89. The van der Waals surface area contributed by atoms with Crippen molar-refractivity contribution in [1.82, 2.24) is 5.43 Å². The van der Waals surface area contributed by atoms with E-state index in [4.69, 9.17) is 11.6 Å². The van der Waals surface area contributed by atoms with Gasteiger partial charge in [-0.25, -0.2) is 10.2 Å². The minimum atomic E-state index is -0.601. The van der Waals surface area contributed by atoms with Crippen LogP contribution in [0, 0.1) is 0 Å². The lowest BCUT2D eigenvalue weighted by Crippen LogP contribution is -2.16. The van der Waals surface area contributed by atoms with Gasteiger partial charge in [-0.15, -0.1) is 11.6 Å². The molecule has 0 aromatic rings. The number of alkyl halides is 1. The first-order valence-electron chi connectivity index (χ1n) is 2.22. The summed E-state index contributed by atoms with van der Waals surface area (Å²) in [6, 6.07) is 0. The summed E-state index contributed by atoms with van der Waals surface area (Å²) in [6.07, 6.45) is 0.745. The molecule has 0 aromatic heterocycles. The van der Waals surface area contributed by atoms with Gasteiger partial charge in [0.05, 0.1) is 13.0 Å². The van der Waals surface area contributed by atoms with Gasteiger partial charge in [0.15, 0.2) is 0 Å². The molecule has 0 atom stereocenters. The number of nitrogens with one attached hydrogen (secondary N) is 1. The molecular weight excluding hydrogens is 144 g/mol. The average molecular weight is 151 g/mol. The Labute approximate surface area is 57.8 Å². The molecule has 0 aliphatic carbocycles. The third-order valence-corrected chi connectivity index (χ3v) is 0.640. The van der Waals surface area contributed by atoms with E-state index < -0.39 is 6.09 Å². The highest BCUT2D eigenvalue weighted by Crippen LogP contribution is 1.70. The SMILES string of the molecule is COC(=O)NN=CCCl. The molecule has 1 amide bonds. The number of halogens is 1. The van der Waals surface area contributed by atoms with Gasteiger partial charge in [-0.2, -0.15) is 5.10 Å². The van der Waals surface area contributed by atoms with Crippen molar-refractivity contribution >= 4 is 23.9 Å². The first-order chi connectivity index (χ1) is 4.31. The van der Waals surface area contributed by atoms with Crippen LogP contribution in [0.15, 0.2) is 5.10 Å². The number of rotatable bonds is 2. The summed E-state index contributed by atoms with van der Waals surface area (Å²) in [5, 5.41) is 3.38. The van der Waals surface area contributed by atoms with Gasteiger partial charge < -0.3 is 4.74 Å². The van der Waals surface area contributed by atoms with Gasteiger partial charge in [-0.1, -0.05) is 0 Å². The Morgan fingerprint density at radius 3 is 3.11 bits per heavy atom. The van der Waals surface area contributed by atoms with Crippen molar-refractivity contribution in [1.29, 1.82) is 0 Å². The van der Waals surface area contributed by atoms with Crippen LogP contribution in [0.2, 0.25) is 0 Å². The van der Waals surface area contributed by atoms with Crippen molar-refractivity contribution in [2.24, 2.45) is 5.10 Å². The van der Waals surface area contributed by atoms with Crippen LogP contribution < -0.4 is 5.43 Å². The van der Waals surface area contributed by atoms with Gasteiger partial charge in [-0.05, 0) is 0 Å². The molecule has 0 aliphatic heterocycles. The molecule has 0 saturated heterocycles. The standard InChI is InChI=1S/C4H7ClN2O2/c1-9-4(8)7-6-3-2-5/h3H,2H2,1H3,(H,7,8). The fourth-order valence-corrected chi connectivity index (χ4v) is 0.248. The van der Waals surface area contributed by atoms with Crippen LogP contribution in [0.1, 0.15) is 0 Å². The molecule has 0 fully saturated rings. The van der Waals surface area contributed by atoms with E-state index in [9.17, 15) is 4.79 Å². The lowest BCUT2D eigenvalue weighted by Gasteiger charge is -1.92. The number of hydrazone groups is 1. The number of ether oxygens (including phenoxy) is 1. The van der Waals surface area contributed by atoms with Crippen molar-refractivity contribution in [3.63, 3.8) is 0 Å². The summed E-state index contributed by atoms with van der Waals surface area (Å²) >= 11 is 5.19. The van der Waals surface area contributed by atoms with Crippen molar-refractivity contribution < 1.29 is 9.53 Å². The highest BCUT2D eigenvalue weighted by Gasteiger charge is 1.90. The van der Waals surface area contributed by atoms with Crippen molar-refractivity contribution in [2.75, 3.05) is 13.0 Å². The van der Waals surface area contributed by atoms with Crippen LogP contribution in [0.4, 0.5) is 4.79 Å². The maximum Gasteiger partial charge on any atom is 0.427 e. The Morgan fingerprint density at radius 1 is 2.00 bits per heavy atom. The number of methoxy groups -OCH3 is 1. The van der Waals surface area contributed by atoms with E-state index in [1.807, 2.05) is 0 Å². The van der Waals surface area contributed by atoms with Gasteiger partial charge in [0.25, 0.3) is 0 Å². The Balaban J connectivity index is 3.26. The molecule has 5 heteroatoms. The van der Waals surface area contributed by atoms with E-state index in [2.05, 4.69) is 15.3 Å². The molecule has 0 aromatic carbocycles. The van der Waals surface area contributed by atoms with E-state index in [0.29, 0.717) is 0 Å². The lowest BCUT2D eigenvalue weighted by atomic mass is 10.9. The molecule has 0 bridgehead atoms. The van der Waals surface area contributed by atoms with Crippen LogP contribution in [0.3, 0.4) is 0 Å². The first-order valence-corrected chi connectivity index (χ1v) is 2.76. The van der Waals surface area contributed by atoms with Gasteiger partial charge in [0.2, 0.25) is 0 Å². The summed E-state index contributed by atoms with van der Waals surface area (Å²) in [5.41, 5.74) is 2.06. The second-order valence-corrected chi connectivity index (χ2v) is 1.38. The quantitative estimate of drug-likeness (QED) is 0.355. The minimum absolute atomic E-state index is 0.268. The number of amides is 1. The minimum Gasteiger partial charge on any atom is -0.452 e. The Bertz CT molecular complexity index is 115. The maximum absolute atomic E-state index is 10.2. The van der Waals surface area contributed by atoms with Crippen LogP contribution in [0.25, 0.3) is 0 Å². The monoisotopic (exact) mass is 150 g/mol. The topological polar surface area (TPSA) is 50.7 Å². The Kier molecular flexibility index (Phi) is 4.91. The van der Waals surface area contributed by atoms with E-state index in [0.717, 1.165) is 0 Å². The normalized spacial score (nSPS) is 9.56. The molecule has 0 unspecified atom stereocenters. The van der Waals surface area contributed by atoms with Crippen molar-refractivity contribution in [3.05, 3.63) is 0 Å². The fraction of sp³-hybridized carbons (Fsp3) is 0.500. The summed E-state index contributed by atoms with van der Waals surface area (Å²) in [4.78, 5) is 10.2. The lowest BCUT2D eigenvalue weighted by molar-refractivity contribution is 0.171. The molecule has 1 N–H and O–H groups in total. The molecule has 0 spiro atoms. The number of hydrogen-bond donors (Lipinski definition) is 1. The zero-order valence-corrected chi connectivity index (χ0v) is 5.68. The van der Waals surface area contributed by atoms with Crippen LogP contribution >= 0.6 is 11.6 Å². The molecule has 0 saturated carbocycles. The second-order valence-electron chi connectivity index (χ2n) is 1.07. The molecule has 52 valence electrons. The summed E-state index contributed by atoms with van der Waals surface area (Å²) in [6.45, 7) is 0.